The predicted octanol–water partition coefficient (Wildman–Crippen LogP) is 3.85. The van der Waals surface area contributed by atoms with Gasteiger partial charge in [0.05, 0.1) is 18.5 Å². The molecule has 5 nitrogen and oxygen atoms in total. The van der Waals surface area contributed by atoms with E-state index >= 15 is 0 Å². The van der Waals surface area contributed by atoms with E-state index in [1.54, 1.807) is 25.5 Å². The summed E-state index contributed by atoms with van der Waals surface area (Å²) >= 11 is 5.67. The van der Waals surface area contributed by atoms with Gasteiger partial charge in [-0.25, -0.2) is 28.7 Å². The summed E-state index contributed by atoms with van der Waals surface area (Å²) < 4.78 is 32.2. The van der Waals surface area contributed by atoms with Gasteiger partial charge in [-0.1, -0.05) is 0 Å². The fourth-order valence-corrected chi connectivity index (χ4v) is 2.31. The number of ether oxygens (including phenoxy) is 1. The number of rotatable bonds is 5. The molecule has 0 aliphatic rings. The highest BCUT2D eigenvalue weighted by molar-refractivity contribution is 6.28. The van der Waals surface area contributed by atoms with Crippen LogP contribution in [0.5, 0.6) is 5.88 Å². The van der Waals surface area contributed by atoms with Crippen LogP contribution in [0.15, 0.2) is 36.8 Å². The van der Waals surface area contributed by atoms with Crippen molar-refractivity contribution in [3.8, 4) is 17.1 Å². The van der Waals surface area contributed by atoms with Gasteiger partial charge in [-0.2, -0.15) is 0 Å². The first-order valence-corrected chi connectivity index (χ1v) is 7.85. The third-order valence-corrected chi connectivity index (χ3v) is 3.52. The summed E-state index contributed by atoms with van der Waals surface area (Å²) in [6, 6.07) is 3.54. The molecule has 0 unspecified atom stereocenters. The minimum atomic E-state index is -0.960. The second kappa shape index (κ2) is 7.48. The smallest absolute Gasteiger partial charge is 0.240 e. The van der Waals surface area contributed by atoms with Crippen molar-refractivity contribution in [2.45, 2.75) is 13.3 Å². The van der Waals surface area contributed by atoms with E-state index in [9.17, 15) is 8.78 Å². The van der Waals surface area contributed by atoms with Crippen LogP contribution in [0.4, 0.5) is 8.78 Å². The summed E-state index contributed by atoms with van der Waals surface area (Å²) in [5.41, 5.74) is 2.12. The van der Waals surface area contributed by atoms with Gasteiger partial charge in [0.2, 0.25) is 11.2 Å². The molecule has 3 rings (SSSR count). The van der Waals surface area contributed by atoms with Crippen LogP contribution in [-0.2, 0) is 6.42 Å². The van der Waals surface area contributed by atoms with E-state index in [1.165, 1.54) is 6.07 Å². The molecule has 0 fully saturated rings. The Labute approximate surface area is 147 Å². The van der Waals surface area contributed by atoms with Crippen molar-refractivity contribution in [3.05, 3.63) is 65.0 Å². The van der Waals surface area contributed by atoms with Crippen LogP contribution in [0.25, 0.3) is 11.3 Å². The highest BCUT2D eigenvalue weighted by atomic mass is 35.5. The first-order valence-electron chi connectivity index (χ1n) is 7.47. The normalized spacial score (nSPS) is 10.7. The molecule has 0 N–H and O–H groups in total. The van der Waals surface area contributed by atoms with Crippen molar-refractivity contribution in [3.63, 3.8) is 0 Å². The first-order chi connectivity index (χ1) is 12.1. The molecule has 0 atom stereocenters. The fraction of sp³-hybridized carbons (Fsp3) is 0.176. The minimum absolute atomic E-state index is 0.156. The van der Waals surface area contributed by atoms with Crippen molar-refractivity contribution in [2.75, 3.05) is 6.61 Å². The number of benzene rings is 1. The minimum Gasteiger partial charge on any atom is -0.476 e. The SMILES string of the molecule is CCOc1ncc(Cc2cnc(Cl)nc2)nc1-c1ccc(F)c(F)c1. The molecule has 1 aromatic carbocycles. The van der Waals surface area contributed by atoms with Crippen molar-refractivity contribution in [1.29, 1.82) is 0 Å². The summed E-state index contributed by atoms with van der Waals surface area (Å²) in [4.78, 5) is 16.6. The zero-order valence-electron chi connectivity index (χ0n) is 13.2. The van der Waals surface area contributed by atoms with Gasteiger partial charge < -0.3 is 4.74 Å². The molecular weight excluding hydrogens is 350 g/mol. The average molecular weight is 363 g/mol. The van der Waals surface area contributed by atoms with Crippen LogP contribution in [-0.4, -0.2) is 26.5 Å². The summed E-state index contributed by atoms with van der Waals surface area (Å²) in [7, 11) is 0. The highest BCUT2D eigenvalue weighted by Gasteiger charge is 2.14. The number of aromatic nitrogens is 4. The largest absolute Gasteiger partial charge is 0.476 e. The molecule has 0 bridgehead atoms. The van der Waals surface area contributed by atoms with E-state index in [0.29, 0.717) is 30.0 Å². The van der Waals surface area contributed by atoms with E-state index in [4.69, 9.17) is 16.3 Å². The van der Waals surface area contributed by atoms with Crippen LogP contribution >= 0.6 is 11.6 Å². The maximum absolute atomic E-state index is 13.6. The van der Waals surface area contributed by atoms with Gasteiger partial charge in [0.25, 0.3) is 0 Å². The summed E-state index contributed by atoms with van der Waals surface area (Å²) in [6.45, 7) is 2.17. The summed E-state index contributed by atoms with van der Waals surface area (Å²) in [6.07, 6.45) is 5.14. The molecule has 2 heterocycles. The van der Waals surface area contributed by atoms with E-state index in [1.807, 2.05) is 0 Å². The van der Waals surface area contributed by atoms with E-state index in [-0.39, 0.29) is 11.2 Å². The number of hydrogen-bond acceptors (Lipinski definition) is 5. The zero-order chi connectivity index (χ0) is 17.8. The van der Waals surface area contributed by atoms with Gasteiger partial charge >= 0.3 is 0 Å². The molecule has 0 aliphatic heterocycles. The molecule has 2 aromatic heterocycles. The van der Waals surface area contributed by atoms with Crippen LogP contribution in [0.1, 0.15) is 18.2 Å². The van der Waals surface area contributed by atoms with Crippen molar-refractivity contribution in [1.82, 2.24) is 19.9 Å². The molecule has 0 radical (unpaired) electrons. The van der Waals surface area contributed by atoms with Gasteiger partial charge in [-0.3, -0.25) is 0 Å². The van der Waals surface area contributed by atoms with Crippen LogP contribution in [0.2, 0.25) is 5.28 Å². The topological polar surface area (TPSA) is 60.8 Å². The molecule has 128 valence electrons. The Morgan fingerprint density at radius 1 is 1.04 bits per heavy atom. The average Bonchev–Trinajstić information content (AvgIpc) is 2.61. The quantitative estimate of drug-likeness (QED) is 0.645. The molecular formula is C17H13ClF2N4O. The van der Waals surface area contributed by atoms with Crippen molar-refractivity contribution >= 4 is 11.6 Å². The maximum atomic E-state index is 13.6. The second-order valence-electron chi connectivity index (χ2n) is 5.11. The number of hydrogen-bond donors (Lipinski definition) is 0. The lowest BCUT2D eigenvalue weighted by Crippen LogP contribution is -2.03. The predicted molar refractivity (Wildman–Crippen MR) is 88.4 cm³/mol. The van der Waals surface area contributed by atoms with Gasteiger partial charge in [0, 0.05) is 24.4 Å². The maximum Gasteiger partial charge on any atom is 0.240 e. The molecule has 3 aromatic rings. The molecule has 0 aliphatic carbocycles. The Morgan fingerprint density at radius 2 is 1.80 bits per heavy atom. The lowest BCUT2D eigenvalue weighted by Gasteiger charge is -2.10. The monoisotopic (exact) mass is 362 g/mol. The Bertz CT molecular complexity index is 890. The molecule has 25 heavy (non-hydrogen) atoms. The first kappa shape index (κ1) is 17.2. The van der Waals surface area contributed by atoms with E-state index < -0.39 is 11.6 Å². The molecule has 0 amide bonds. The Hall–Kier alpha value is -2.67. The molecule has 0 spiro atoms. The second-order valence-corrected chi connectivity index (χ2v) is 5.45. The van der Waals surface area contributed by atoms with E-state index in [0.717, 1.165) is 17.7 Å². The standard InChI is InChI=1S/C17H13ClF2N4O/c1-2-25-16-15(11-3-4-13(19)14(20)6-11)24-12(9-21-16)5-10-7-22-17(18)23-8-10/h3-4,6-9H,2,5H2,1H3. The Kier molecular flexibility index (Phi) is 5.14. The zero-order valence-corrected chi connectivity index (χ0v) is 14.0. The molecule has 8 heteroatoms. The summed E-state index contributed by atoms with van der Waals surface area (Å²) in [5.74, 6) is -1.63. The van der Waals surface area contributed by atoms with Crippen LogP contribution < -0.4 is 4.74 Å². The van der Waals surface area contributed by atoms with Crippen LogP contribution in [0.3, 0.4) is 0 Å². The number of halogens is 3. The van der Waals surface area contributed by atoms with Crippen molar-refractivity contribution < 1.29 is 13.5 Å². The highest BCUT2D eigenvalue weighted by Crippen LogP contribution is 2.28. The number of nitrogens with zero attached hydrogens (tertiary/aromatic N) is 4. The van der Waals surface area contributed by atoms with Gasteiger partial charge in [0.1, 0.15) is 5.69 Å². The fourth-order valence-electron chi connectivity index (χ4n) is 2.21. The molecule has 0 saturated heterocycles. The Morgan fingerprint density at radius 3 is 2.48 bits per heavy atom. The van der Waals surface area contributed by atoms with Gasteiger partial charge in [-0.05, 0) is 42.3 Å². The summed E-state index contributed by atoms with van der Waals surface area (Å²) in [5, 5.41) is 0.156. The Balaban J connectivity index is 1.99. The lowest BCUT2D eigenvalue weighted by molar-refractivity contribution is 0.326. The van der Waals surface area contributed by atoms with Gasteiger partial charge in [0.15, 0.2) is 11.6 Å². The third-order valence-electron chi connectivity index (χ3n) is 3.32. The van der Waals surface area contributed by atoms with Crippen LogP contribution in [0, 0.1) is 11.6 Å². The third kappa shape index (κ3) is 4.06. The van der Waals surface area contributed by atoms with Crippen molar-refractivity contribution in [2.24, 2.45) is 0 Å². The molecule has 0 saturated carbocycles. The van der Waals surface area contributed by atoms with Gasteiger partial charge in [-0.15, -0.1) is 0 Å². The lowest BCUT2D eigenvalue weighted by atomic mass is 10.1. The van der Waals surface area contributed by atoms with E-state index in [2.05, 4.69) is 19.9 Å².